The lowest BCUT2D eigenvalue weighted by molar-refractivity contribution is -0.135. The SMILES string of the molecule is C=CC(=O)N1CCCC1C(=O)NCCNS(=O)(=O)c1ccc(F)c(Cl)c1. The van der Waals surface area contributed by atoms with E-state index < -0.39 is 21.9 Å². The Bertz CT molecular complexity index is 816. The maximum Gasteiger partial charge on any atom is 0.246 e. The fraction of sp³-hybridized carbons (Fsp3) is 0.375. The number of carbonyl (C=O) groups is 2. The molecule has 0 bridgehead atoms. The van der Waals surface area contributed by atoms with Crippen molar-refractivity contribution in [2.45, 2.75) is 23.8 Å². The molecule has 1 heterocycles. The maximum atomic E-state index is 13.1. The zero-order valence-corrected chi connectivity index (χ0v) is 15.4. The van der Waals surface area contributed by atoms with Crippen molar-refractivity contribution in [1.29, 1.82) is 0 Å². The zero-order chi connectivity index (χ0) is 19.3. The highest BCUT2D eigenvalue weighted by atomic mass is 35.5. The lowest BCUT2D eigenvalue weighted by Crippen LogP contribution is -2.47. The number of carbonyl (C=O) groups excluding carboxylic acids is 2. The summed E-state index contributed by atoms with van der Waals surface area (Å²) in [7, 11) is -3.87. The molecular weight excluding hydrogens is 385 g/mol. The summed E-state index contributed by atoms with van der Waals surface area (Å²) >= 11 is 5.58. The second kappa shape index (κ2) is 8.61. The summed E-state index contributed by atoms with van der Waals surface area (Å²) in [5.74, 6) is -1.37. The van der Waals surface area contributed by atoms with E-state index in [2.05, 4.69) is 16.6 Å². The van der Waals surface area contributed by atoms with Gasteiger partial charge in [0.2, 0.25) is 21.8 Å². The summed E-state index contributed by atoms with van der Waals surface area (Å²) in [4.78, 5) is 25.1. The Labute approximate surface area is 156 Å². The van der Waals surface area contributed by atoms with Gasteiger partial charge >= 0.3 is 0 Å². The van der Waals surface area contributed by atoms with Crippen LogP contribution < -0.4 is 10.0 Å². The van der Waals surface area contributed by atoms with Crippen LogP contribution in [0.1, 0.15) is 12.8 Å². The predicted octanol–water partition coefficient (Wildman–Crippen LogP) is 1.05. The minimum absolute atomic E-state index is 0.0413. The average Bonchev–Trinajstić information content (AvgIpc) is 3.10. The van der Waals surface area contributed by atoms with E-state index in [0.717, 1.165) is 30.7 Å². The van der Waals surface area contributed by atoms with Gasteiger partial charge in [-0.25, -0.2) is 17.5 Å². The second-order valence-electron chi connectivity index (χ2n) is 5.66. The fourth-order valence-electron chi connectivity index (χ4n) is 2.64. The van der Waals surface area contributed by atoms with Gasteiger partial charge in [-0.05, 0) is 37.1 Å². The van der Waals surface area contributed by atoms with Gasteiger partial charge in [-0.3, -0.25) is 9.59 Å². The van der Waals surface area contributed by atoms with Gasteiger partial charge in [-0.2, -0.15) is 0 Å². The highest BCUT2D eigenvalue weighted by molar-refractivity contribution is 7.89. The number of nitrogens with zero attached hydrogens (tertiary/aromatic N) is 1. The molecule has 0 aliphatic carbocycles. The molecule has 1 aromatic carbocycles. The van der Waals surface area contributed by atoms with Gasteiger partial charge in [-0.15, -0.1) is 0 Å². The highest BCUT2D eigenvalue weighted by Gasteiger charge is 2.32. The molecule has 0 saturated carbocycles. The molecule has 26 heavy (non-hydrogen) atoms. The molecule has 2 rings (SSSR count). The number of nitrogens with one attached hydrogen (secondary N) is 2. The molecule has 142 valence electrons. The number of hydrogen-bond donors (Lipinski definition) is 2. The Kier molecular flexibility index (Phi) is 6.74. The molecule has 1 saturated heterocycles. The first-order valence-electron chi connectivity index (χ1n) is 7.91. The monoisotopic (exact) mass is 403 g/mol. The number of benzene rings is 1. The van der Waals surface area contributed by atoms with Gasteiger partial charge in [0, 0.05) is 19.6 Å². The van der Waals surface area contributed by atoms with Crippen molar-refractivity contribution in [3.8, 4) is 0 Å². The van der Waals surface area contributed by atoms with Crippen LogP contribution in [0.3, 0.4) is 0 Å². The summed E-state index contributed by atoms with van der Waals surface area (Å²) < 4.78 is 39.6. The molecule has 0 radical (unpaired) electrons. The molecular formula is C16H19ClFN3O4S. The molecule has 1 aliphatic heterocycles. The van der Waals surface area contributed by atoms with Crippen LogP contribution in [0, 0.1) is 5.82 Å². The topological polar surface area (TPSA) is 95.6 Å². The molecule has 0 spiro atoms. The third kappa shape index (κ3) is 4.80. The summed E-state index contributed by atoms with van der Waals surface area (Å²) in [5, 5.41) is 2.30. The first-order valence-corrected chi connectivity index (χ1v) is 9.78. The molecule has 1 aliphatic rings. The number of rotatable bonds is 7. The molecule has 2 amide bonds. The predicted molar refractivity (Wildman–Crippen MR) is 94.5 cm³/mol. The standard InChI is InChI=1S/C16H19ClFN3O4S/c1-2-15(22)21-9-3-4-14(21)16(23)19-7-8-20-26(24,25)11-5-6-13(18)12(17)10-11/h2,5-6,10,14,20H,1,3-4,7-9H2,(H,19,23). The summed E-state index contributed by atoms with van der Waals surface area (Å²) in [6.07, 6.45) is 2.42. The number of amides is 2. The minimum Gasteiger partial charge on any atom is -0.353 e. The van der Waals surface area contributed by atoms with Crippen LogP contribution >= 0.6 is 11.6 Å². The van der Waals surface area contributed by atoms with Crippen LogP contribution in [0.25, 0.3) is 0 Å². The van der Waals surface area contributed by atoms with Crippen LogP contribution in [0.15, 0.2) is 35.7 Å². The molecule has 2 N–H and O–H groups in total. The molecule has 0 aromatic heterocycles. The van der Waals surface area contributed by atoms with Crippen molar-refractivity contribution in [2.24, 2.45) is 0 Å². The molecule has 10 heteroatoms. The van der Waals surface area contributed by atoms with E-state index in [1.807, 2.05) is 0 Å². The van der Waals surface area contributed by atoms with Crippen molar-refractivity contribution in [1.82, 2.24) is 14.9 Å². The summed E-state index contributed by atoms with van der Waals surface area (Å²) in [6, 6.07) is 2.49. The minimum atomic E-state index is -3.87. The highest BCUT2D eigenvalue weighted by Crippen LogP contribution is 2.19. The first-order chi connectivity index (χ1) is 12.3. The van der Waals surface area contributed by atoms with E-state index in [9.17, 15) is 22.4 Å². The van der Waals surface area contributed by atoms with E-state index in [0.29, 0.717) is 13.0 Å². The van der Waals surface area contributed by atoms with Gasteiger partial charge < -0.3 is 10.2 Å². The third-order valence-corrected chi connectivity index (χ3v) is 5.68. The summed E-state index contributed by atoms with van der Waals surface area (Å²) in [5.41, 5.74) is 0. The summed E-state index contributed by atoms with van der Waals surface area (Å²) in [6.45, 7) is 3.87. The van der Waals surface area contributed by atoms with Crippen LogP contribution in [0.2, 0.25) is 5.02 Å². The Balaban J connectivity index is 1.85. The van der Waals surface area contributed by atoms with Gasteiger partial charge in [0.1, 0.15) is 11.9 Å². The Morgan fingerprint density at radius 3 is 2.77 bits per heavy atom. The van der Waals surface area contributed by atoms with E-state index in [1.54, 1.807) is 0 Å². The van der Waals surface area contributed by atoms with Crippen molar-refractivity contribution < 1.29 is 22.4 Å². The zero-order valence-electron chi connectivity index (χ0n) is 13.9. The maximum absolute atomic E-state index is 13.1. The van der Waals surface area contributed by atoms with Gasteiger partial charge in [0.05, 0.1) is 9.92 Å². The van der Waals surface area contributed by atoms with E-state index in [-0.39, 0.29) is 34.8 Å². The quantitative estimate of drug-likeness (QED) is 0.525. The fourth-order valence-corrected chi connectivity index (χ4v) is 3.94. The van der Waals surface area contributed by atoms with Crippen LogP contribution in [0.5, 0.6) is 0 Å². The molecule has 1 atom stereocenters. The Morgan fingerprint density at radius 1 is 1.38 bits per heavy atom. The Morgan fingerprint density at radius 2 is 2.12 bits per heavy atom. The van der Waals surface area contributed by atoms with Gasteiger partial charge in [-0.1, -0.05) is 18.2 Å². The van der Waals surface area contributed by atoms with Crippen molar-refractivity contribution >= 4 is 33.4 Å². The molecule has 1 aromatic rings. The van der Waals surface area contributed by atoms with Crippen molar-refractivity contribution in [3.63, 3.8) is 0 Å². The number of halogens is 2. The normalized spacial score (nSPS) is 17.2. The second-order valence-corrected chi connectivity index (χ2v) is 7.83. The van der Waals surface area contributed by atoms with Crippen LogP contribution in [-0.2, 0) is 19.6 Å². The van der Waals surface area contributed by atoms with Gasteiger partial charge in [0.15, 0.2) is 0 Å². The Hall–Kier alpha value is -1.97. The molecule has 1 unspecified atom stereocenters. The first kappa shape index (κ1) is 20.3. The molecule has 1 fully saturated rings. The smallest absolute Gasteiger partial charge is 0.246 e. The number of hydrogen-bond acceptors (Lipinski definition) is 4. The van der Waals surface area contributed by atoms with E-state index in [4.69, 9.17) is 11.6 Å². The van der Waals surface area contributed by atoms with E-state index in [1.165, 1.54) is 4.90 Å². The van der Waals surface area contributed by atoms with Crippen molar-refractivity contribution in [3.05, 3.63) is 41.7 Å². The third-order valence-electron chi connectivity index (χ3n) is 3.93. The molecule has 7 nitrogen and oxygen atoms in total. The van der Waals surface area contributed by atoms with Crippen LogP contribution in [-0.4, -0.2) is 50.8 Å². The van der Waals surface area contributed by atoms with E-state index >= 15 is 0 Å². The lowest BCUT2D eigenvalue weighted by Gasteiger charge is -2.22. The average molecular weight is 404 g/mol. The largest absolute Gasteiger partial charge is 0.353 e. The van der Waals surface area contributed by atoms with Gasteiger partial charge in [0.25, 0.3) is 0 Å². The van der Waals surface area contributed by atoms with Crippen LogP contribution in [0.4, 0.5) is 4.39 Å². The lowest BCUT2D eigenvalue weighted by atomic mass is 10.2. The number of sulfonamides is 1. The van der Waals surface area contributed by atoms with Crippen molar-refractivity contribution in [2.75, 3.05) is 19.6 Å². The number of likely N-dealkylation sites (tertiary alicyclic amines) is 1.